The Balaban J connectivity index is 1.29. The molecule has 3 heterocycles. The number of nitro benzene ring substituents is 1. The highest BCUT2D eigenvalue weighted by Crippen LogP contribution is 2.34. The van der Waals surface area contributed by atoms with Gasteiger partial charge in [-0.2, -0.15) is 0 Å². The van der Waals surface area contributed by atoms with Crippen LogP contribution in [-0.2, 0) is 22.5 Å². The zero-order valence-corrected chi connectivity index (χ0v) is 24.1. The number of nitrogens with two attached hydrogens (primary N) is 2. The quantitative estimate of drug-likeness (QED) is 0.142. The number of amides is 2. The van der Waals surface area contributed by atoms with Gasteiger partial charge in [-0.3, -0.25) is 19.7 Å². The Morgan fingerprint density at radius 2 is 1.98 bits per heavy atom. The summed E-state index contributed by atoms with van der Waals surface area (Å²) in [5, 5.41) is 11.5. The number of para-hydroxylation sites is 3. The largest absolute Gasteiger partial charge is 0.450 e. The Bertz CT molecular complexity index is 1630. The highest BCUT2D eigenvalue weighted by atomic mass is 16.6. The summed E-state index contributed by atoms with van der Waals surface area (Å²) in [6, 6.07) is 15.0. The molecule has 4 aromatic rings. The molecule has 1 saturated heterocycles. The molecule has 43 heavy (non-hydrogen) atoms. The van der Waals surface area contributed by atoms with Crippen molar-refractivity contribution in [1.29, 1.82) is 0 Å². The van der Waals surface area contributed by atoms with Crippen molar-refractivity contribution in [3.05, 3.63) is 81.9 Å². The van der Waals surface area contributed by atoms with Crippen molar-refractivity contribution in [3.8, 4) is 11.3 Å². The Hall–Kier alpha value is -4.55. The standard InChI is InChI=1S/C31H36N6O6/c1-42-15-7-14-36-26-12-5-3-10-24(26)34-31(36)20-8-6-13-35(19-20)28(38)18-22(32)16-21-17-27(43-29(21)30(33)39)23-9-2-4-11-25(23)37(40)41/h2-5,9-12,17,20,22H,6-8,13-16,18-19,32H2,1H3,(H2,33,39)/t20-,22+/m1/s1. The van der Waals surface area contributed by atoms with Crippen LogP contribution in [0.4, 0.5) is 5.69 Å². The minimum atomic E-state index is -0.814. The number of hydrogen-bond acceptors (Lipinski definition) is 8. The molecule has 1 aliphatic rings. The molecule has 0 unspecified atom stereocenters. The summed E-state index contributed by atoms with van der Waals surface area (Å²) in [5.41, 5.74) is 14.4. The van der Waals surface area contributed by atoms with Gasteiger partial charge in [0, 0.05) is 63.4 Å². The fraction of sp³-hybridized carbons (Fsp3) is 0.387. The molecule has 226 valence electrons. The number of carbonyl (C=O) groups is 2. The van der Waals surface area contributed by atoms with Crippen molar-refractivity contribution in [1.82, 2.24) is 14.5 Å². The van der Waals surface area contributed by atoms with Gasteiger partial charge in [0.1, 0.15) is 11.6 Å². The summed E-state index contributed by atoms with van der Waals surface area (Å²) in [5.74, 6) is 0.186. The molecule has 0 saturated carbocycles. The first kappa shape index (κ1) is 29.9. The van der Waals surface area contributed by atoms with Crippen LogP contribution in [0.25, 0.3) is 22.4 Å². The average molecular weight is 589 g/mol. The highest BCUT2D eigenvalue weighted by Gasteiger charge is 2.30. The lowest BCUT2D eigenvalue weighted by Gasteiger charge is -2.33. The number of primary amides is 1. The Morgan fingerprint density at radius 3 is 2.74 bits per heavy atom. The third kappa shape index (κ3) is 6.60. The van der Waals surface area contributed by atoms with E-state index in [9.17, 15) is 19.7 Å². The number of furan rings is 1. The highest BCUT2D eigenvalue weighted by molar-refractivity contribution is 5.92. The molecule has 12 heteroatoms. The lowest BCUT2D eigenvalue weighted by atomic mass is 9.96. The first-order valence-corrected chi connectivity index (χ1v) is 14.4. The minimum absolute atomic E-state index is 0.0567. The summed E-state index contributed by atoms with van der Waals surface area (Å²) in [7, 11) is 1.69. The molecule has 0 radical (unpaired) electrons. The van der Waals surface area contributed by atoms with E-state index in [2.05, 4.69) is 10.6 Å². The number of carbonyl (C=O) groups excluding carboxylic acids is 2. The van der Waals surface area contributed by atoms with E-state index >= 15 is 0 Å². The molecule has 2 atom stereocenters. The molecule has 1 aliphatic heterocycles. The number of hydrogen-bond donors (Lipinski definition) is 2. The summed E-state index contributed by atoms with van der Waals surface area (Å²) in [6.45, 7) is 2.60. The first-order chi connectivity index (χ1) is 20.8. The number of aromatic nitrogens is 2. The van der Waals surface area contributed by atoms with Gasteiger partial charge in [-0.1, -0.05) is 24.3 Å². The normalized spacial score (nSPS) is 16.0. The van der Waals surface area contributed by atoms with Gasteiger partial charge in [0.05, 0.1) is 21.5 Å². The number of aryl methyl sites for hydroxylation is 1. The molecule has 0 spiro atoms. The van der Waals surface area contributed by atoms with E-state index < -0.39 is 16.9 Å². The van der Waals surface area contributed by atoms with Crippen LogP contribution >= 0.6 is 0 Å². The maximum Gasteiger partial charge on any atom is 0.284 e. The van der Waals surface area contributed by atoms with Gasteiger partial charge in [-0.15, -0.1) is 0 Å². The van der Waals surface area contributed by atoms with Crippen LogP contribution in [0, 0.1) is 10.1 Å². The number of nitro groups is 1. The predicted octanol–water partition coefficient (Wildman–Crippen LogP) is 4.01. The molecule has 0 aliphatic carbocycles. The molecule has 2 amide bonds. The third-order valence-corrected chi connectivity index (χ3v) is 7.87. The Kier molecular flexibility index (Phi) is 9.17. The molecule has 2 aromatic heterocycles. The predicted molar refractivity (Wildman–Crippen MR) is 160 cm³/mol. The number of rotatable bonds is 12. The van der Waals surface area contributed by atoms with E-state index in [0.29, 0.717) is 25.3 Å². The van der Waals surface area contributed by atoms with E-state index in [1.165, 1.54) is 18.2 Å². The second-order valence-electron chi connectivity index (χ2n) is 10.9. The van der Waals surface area contributed by atoms with Crippen molar-refractivity contribution in [3.63, 3.8) is 0 Å². The fourth-order valence-electron chi connectivity index (χ4n) is 5.89. The van der Waals surface area contributed by atoms with Gasteiger partial charge < -0.3 is 30.1 Å². The molecule has 1 fully saturated rings. The maximum atomic E-state index is 13.4. The SMILES string of the molecule is COCCCn1c([C@@H]2CCCN(C(=O)C[C@@H](N)Cc3cc(-c4ccccc4[N+](=O)[O-])oc3C(N)=O)C2)nc2ccccc21. The number of ether oxygens (including phenoxy) is 1. The average Bonchev–Trinajstić information content (AvgIpc) is 3.59. The fourth-order valence-corrected chi connectivity index (χ4v) is 5.89. The molecule has 5 rings (SSSR count). The van der Waals surface area contributed by atoms with Crippen molar-refractivity contribution < 1.29 is 23.7 Å². The number of methoxy groups -OCH3 is 1. The molecule has 4 N–H and O–H groups in total. The molecule has 0 bridgehead atoms. The van der Waals surface area contributed by atoms with E-state index in [1.54, 1.807) is 19.2 Å². The Morgan fingerprint density at radius 1 is 1.21 bits per heavy atom. The van der Waals surface area contributed by atoms with E-state index in [1.807, 2.05) is 23.1 Å². The van der Waals surface area contributed by atoms with Gasteiger partial charge in [0.25, 0.3) is 11.6 Å². The molecule has 2 aromatic carbocycles. The molecule has 12 nitrogen and oxygen atoms in total. The number of fused-ring (bicyclic) bond motifs is 1. The lowest BCUT2D eigenvalue weighted by Crippen LogP contribution is -2.42. The van der Waals surface area contributed by atoms with Gasteiger partial charge in [0.15, 0.2) is 5.76 Å². The van der Waals surface area contributed by atoms with E-state index in [0.717, 1.165) is 42.7 Å². The number of imidazole rings is 1. The zero-order chi connectivity index (χ0) is 30.5. The van der Waals surface area contributed by atoms with Crippen molar-refractivity contribution >= 4 is 28.5 Å². The molecular formula is C31H36N6O6. The summed E-state index contributed by atoms with van der Waals surface area (Å²) in [6.07, 6.45) is 2.82. The maximum absolute atomic E-state index is 13.4. The van der Waals surface area contributed by atoms with Crippen molar-refractivity contribution in [2.45, 2.75) is 50.6 Å². The van der Waals surface area contributed by atoms with E-state index in [-0.39, 0.29) is 47.4 Å². The van der Waals surface area contributed by atoms with E-state index in [4.69, 9.17) is 25.6 Å². The topological polar surface area (TPSA) is 173 Å². The van der Waals surface area contributed by atoms with Gasteiger partial charge >= 0.3 is 0 Å². The molecular weight excluding hydrogens is 552 g/mol. The van der Waals surface area contributed by atoms with Crippen LogP contribution in [0.1, 0.15) is 53.5 Å². The smallest absolute Gasteiger partial charge is 0.284 e. The lowest BCUT2D eigenvalue weighted by molar-refractivity contribution is -0.384. The van der Waals surface area contributed by atoms with Gasteiger partial charge in [-0.05, 0) is 49.9 Å². The van der Waals surface area contributed by atoms with Crippen LogP contribution in [0.2, 0.25) is 0 Å². The Labute approximate surface area is 248 Å². The second kappa shape index (κ2) is 13.2. The first-order valence-electron chi connectivity index (χ1n) is 14.4. The van der Waals surface area contributed by atoms with Crippen molar-refractivity contribution in [2.75, 3.05) is 26.8 Å². The van der Waals surface area contributed by atoms with Crippen LogP contribution in [0.5, 0.6) is 0 Å². The van der Waals surface area contributed by atoms with Crippen molar-refractivity contribution in [2.24, 2.45) is 11.5 Å². The summed E-state index contributed by atoms with van der Waals surface area (Å²) in [4.78, 5) is 43.4. The number of likely N-dealkylation sites (tertiary alicyclic amines) is 1. The van der Waals surface area contributed by atoms with Crippen LogP contribution in [0.3, 0.4) is 0 Å². The number of nitrogens with zero attached hydrogens (tertiary/aromatic N) is 4. The van der Waals surface area contributed by atoms with Gasteiger partial charge in [0.2, 0.25) is 5.91 Å². The monoisotopic (exact) mass is 588 g/mol. The summed E-state index contributed by atoms with van der Waals surface area (Å²) >= 11 is 0. The van der Waals surface area contributed by atoms with Crippen LogP contribution in [0.15, 0.2) is 59.0 Å². The second-order valence-corrected chi connectivity index (χ2v) is 10.9. The number of piperidine rings is 1. The summed E-state index contributed by atoms with van der Waals surface area (Å²) < 4.78 is 13.2. The van der Waals surface area contributed by atoms with Crippen LogP contribution in [-0.4, -0.2) is 64.0 Å². The van der Waals surface area contributed by atoms with Crippen LogP contribution < -0.4 is 11.5 Å². The van der Waals surface area contributed by atoms with Gasteiger partial charge in [-0.25, -0.2) is 4.98 Å². The third-order valence-electron chi connectivity index (χ3n) is 7.87. The zero-order valence-electron chi connectivity index (χ0n) is 24.1. The minimum Gasteiger partial charge on any atom is -0.450 e. The number of benzene rings is 2.